The second kappa shape index (κ2) is 8.26. The predicted octanol–water partition coefficient (Wildman–Crippen LogP) is 3.70. The molecule has 0 radical (unpaired) electrons. The Hall–Kier alpha value is -2.20. The molecule has 1 heterocycles. The average molecular weight is 340 g/mol. The fourth-order valence-electron chi connectivity index (χ4n) is 3.50. The molecule has 2 aromatic carbocycles. The van der Waals surface area contributed by atoms with Crippen molar-refractivity contribution in [2.45, 2.75) is 25.9 Å². The summed E-state index contributed by atoms with van der Waals surface area (Å²) in [6.45, 7) is 3.18. The molecular formula is C21H25FN2O. The fourth-order valence-corrected chi connectivity index (χ4v) is 3.50. The zero-order valence-electron chi connectivity index (χ0n) is 14.7. The molecule has 25 heavy (non-hydrogen) atoms. The third-order valence-corrected chi connectivity index (χ3v) is 4.81. The summed E-state index contributed by atoms with van der Waals surface area (Å²) in [5.41, 5.74) is 2.24. The van der Waals surface area contributed by atoms with Gasteiger partial charge >= 0.3 is 0 Å². The van der Waals surface area contributed by atoms with E-state index in [2.05, 4.69) is 4.90 Å². The van der Waals surface area contributed by atoms with Gasteiger partial charge in [0.25, 0.3) is 0 Å². The van der Waals surface area contributed by atoms with E-state index < -0.39 is 0 Å². The van der Waals surface area contributed by atoms with E-state index in [-0.39, 0.29) is 17.6 Å². The Morgan fingerprint density at radius 1 is 1.12 bits per heavy atom. The minimum absolute atomic E-state index is 0.0444. The van der Waals surface area contributed by atoms with E-state index in [9.17, 15) is 9.18 Å². The maximum atomic E-state index is 13.0. The molecule has 0 bridgehead atoms. The van der Waals surface area contributed by atoms with Crippen molar-refractivity contribution in [1.29, 1.82) is 0 Å². The molecule has 4 heteroatoms. The first-order valence-electron chi connectivity index (χ1n) is 8.87. The monoisotopic (exact) mass is 340 g/mol. The molecule has 0 saturated carbocycles. The number of carbonyl (C=O) groups excluding carboxylic acids is 1. The molecule has 0 N–H and O–H groups in total. The van der Waals surface area contributed by atoms with Gasteiger partial charge in [0.05, 0.1) is 5.92 Å². The maximum Gasteiger partial charge on any atom is 0.227 e. The topological polar surface area (TPSA) is 23.6 Å². The van der Waals surface area contributed by atoms with Crippen LogP contribution in [0.15, 0.2) is 54.6 Å². The van der Waals surface area contributed by atoms with Gasteiger partial charge in [-0.3, -0.25) is 9.69 Å². The summed E-state index contributed by atoms with van der Waals surface area (Å²) in [6.07, 6.45) is 1.97. The molecule has 1 fully saturated rings. The van der Waals surface area contributed by atoms with E-state index in [0.717, 1.165) is 43.6 Å². The highest BCUT2D eigenvalue weighted by molar-refractivity contribution is 5.78. The van der Waals surface area contributed by atoms with Crippen LogP contribution in [0.3, 0.4) is 0 Å². The largest absolute Gasteiger partial charge is 0.341 e. The Morgan fingerprint density at radius 3 is 2.56 bits per heavy atom. The summed E-state index contributed by atoms with van der Waals surface area (Å²) < 4.78 is 13.0. The molecule has 1 amide bonds. The summed E-state index contributed by atoms with van der Waals surface area (Å²) in [7, 11) is 1.88. The highest BCUT2D eigenvalue weighted by Crippen LogP contribution is 2.21. The summed E-state index contributed by atoms with van der Waals surface area (Å²) >= 11 is 0. The minimum atomic E-state index is -0.210. The van der Waals surface area contributed by atoms with Crippen LogP contribution in [0.4, 0.5) is 4.39 Å². The second-order valence-electron chi connectivity index (χ2n) is 6.88. The number of nitrogens with zero attached hydrogens (tertiary/aromatic N) is 2. The van der Waals surface area contributed by atoms with Crippen LogP contribution in [-0.2, 0) is 17.9 Å². The number of rotatable bonds is 5. The van der Waals surface area contributed by atoms with Crippen LogP contribution in [0, 0.1) is 11.7 Å². The van der Waals surface area contributed by atoms with Crippen molar-refractivity contribution in [3.8, 4) is 0 Å². The first-order valence-corrected chi connectivity index (χ1v) is 8.87. The summed E-state index contributed by atoms with van der Waals surface area (Å²) in [6, 6.07) is 16.7. The number of benzene rings is 2. The summed E-state index contributed by atoms with van der Waals surface area (Å²) in [5.74, 6) is 0.0496. The first kappa shape index (κ1) is 17.6. The standard InChI is InChI=1S/C21H25FN2O/c1-23(14-17-6-3-2-4-7-17)21(25)19-8-5-13-24(16-19)15-18-9-11-20(22)12-10-18/h2-4,6-7,9-12,19H,5,8,13-16H2,1H3/t19-/m0/s1. The van der Waals surface area contributed by atoms with E-state index >= 15 is 0 Å². The van der Waals surface area contributed by atoms with Gasteiger partial charge < -0.3 is 4.90 Å². The van der Waals surface area contributed by atoms with Gasteiger partial charge in [-0.2, -0.15) is 0 Å². The van der Waals surface area contributed by atoms with Crippen LogP contribution in [0.25, 0.3) is 0 Å². The lowest BCUT2D eigenvalue weighted by Crippen LogP contribution is -2.43. The lowest BCUT2D eigenvalue weighted by molar-refractivity contribution is -0.136. The molecule has 0 spiro atoms. The Morgan fingerprint density at radius 2 is 1.84 bits per heavy atom. The summed E-state index contributed by atoms with van der Waals surface area (Å²) in [4.78, 5) is 16.9. The van der Waals surface area contributed by atoms with Crippen LogP contribution in [0.1, 0.15) is 24.0 Å². The van der Waals surface area contributed by atoms with Crippen molar-refractivity contribution >= 4 is 5.91 Å². The molecule has 2 aromatic rings. The van der Waals surface area contributed by atoms with E-state index in [1.165, 1.54) is 12.1 Å². The number of halogens is 1. The second-order valence-corrected chi connectivity index (χ2v) is 6.88. The normalized spacial score (nSPS) is 18.1. The molecule has 0 unspecified atom stereocenters. The van der Waals surface area contributed by atoms with Gasteiger partial charge in [-0.1, -0.05) is 42.5 Å². The average Bonchev–Trinajstić information content (AvgIpc) is 2.64. The predicted molar refractivity (Wildman–Crippen MR) is 97.3 cm³/mol. The number of amides is 1. The Balaban J connectivity index is 1.56. The zero-order chi connectivity index (χ0) is 17.6. The van der Waals surface area contributed by atoms with Crippen molar-refractivity contribution in [1.82, 2.24) is 9.80 Å². The highest BCUT2D eigenvalue weighted by atomic mass is 19.1. The highest BCUT2D eigenvalue weighted by Gasteiger charge is 2.27. The Kier molecular flexibility index (Phi) is 5.82. The first-order chi connectivity index (χ1) is 12.1. The molecule has 0 aromatic heterocycles. The van der Waals surface area contributed by atoms with E-state index in [1.807, 2.05) is 54.4 Å². The summed E-state index contributed by atoms with van der Waals surface area (Å²) in [5, 5.41) is 0. The van der Waals surface area contributed by atoms with Crippen LogP contribution in [0.5, 0.6) is 0 Å². The Bertz CT molecular complexity index is 687. The maximum absolute atomic E-state index is 13.0. The van der Waals surface area contributed by atoms with Crippen LogP contribution < -0.4 is 0 Å². The van der Waals surface area contributed by atoms with Crippen LogP contribution in [0.2, 0.25) is 0 Å². The lowest BCUT2D eigenvalue weighted by Gasteiger charge is -2.34. The fraction of sp³-hybridized carbons (Fsp3) is 0.381. The van der Waals surface area contributed by atoms with Crippen LogP contribution >= 0.6 is 0 Å². The molecule has 1 saturated heterocycles. The molecule has 1 aliphatic rings. The van der Waals surface area contributed by atoms with Crippen molar-refractivity contribution in [2.75, 3.05) is 20.1 Å². The Labute approximate surface area is 149 Å². The molecule has 3 rings (SSSR count). The van der Waals surface area contributed by atoms with Gasteiger partial charge in [-0.15, -0.1) is 0 Å². The van der Waals surface area contributed by atoms with Gasteiger partial charge in [-0.25, -0.2) is 4.39 Å². The quantitative estimate of drug-likeness (QED) is 0.829. The third-order valence-electron chi connectivity index (χ3n) is 4.81. The van der Waals surface area contributed by atoms with Gasteiger partial charge in [0.15, 0.2) is 0 Å². The number of carbonyl (C=O) groups is 1. The number of piperidine rings is 1. The van der Waals surface area contributed by atoms with E-state index in [0.29, 0.717) is 6.54 Å². The molecule has 0 aliphatic carbocycles. The van der Waals surface area contributed by atoms with Crippen molar-refractivity contribution in [2.24, 2.45) is 5.92 Å². The van der Waals surface area contributed by atoms with E-state index in [4.69, 9.17) is 0 Å². The SMILES string of the molecule is CN(Cc1ccccc1)C(=O)[C@H]1CCCN(Cc2ccc(F)cc2)C1. The number of hydrogen-bond acceptors (Lipinski definition) is 2. The molecule has 3 nitrogen and oxygen atoms in total. The molecular weight excluding hydrogens is 315 g/mol. The molecule has 1 aliphatic heterocycles. The third kappa shape index (κ3) is 4.89. The van der Waals surface area contributed by atoms with Gasteiger partial charge in [0, 0.05) is 26.7 Å². The molecule has 132 valence electrons. The molecule has 1 atom stereocenters. The number of hydrogen-bond donors (Lipinski definition) is 0. The number of likely N-dealkylation sites (tertiary alicyclic amines) is 1. The van der Waals surface area contributed by atoms with E-state index in [1.54, 1.807) is 0 Å². The zero-order valence-corrected chi connectivity index (χ0v) is 14.7. The van der Waals surface area contributed by atoms with Crippen molar-refractivity contribution in [3.63, 3.8) is 0 Å². The van der Waals surface area contributed by atoms with Crippen molar-refractivity contribution in [3.05, 3.63) is 71.5 Å². The van der Waals surface area contributed by atoms with Crippen molar-refractivity contribution < 1.29 is 9.18 Å². The minimum Gasteiger partial charge on any atom is -0.341 e. The van der Waals surface area contributed by atoms with Gasteiger partial charge in [-0.05, 0) is 42.6 Å². The van der Waals surface area contributed by atoms with Gasteiger partial charge in [0.1, 0.15) is 5.82 Å². The lowest BCUT2D eigenvalue weighted by atomic mass is 9.96. The van der Waals surface area contributed by atoms with Gasteiger partial charge in [0.2, 0.25) is 5.91 Å². The van der Waals surface area contributed by atoms with Crippen LogP contribution in [-0.4, -0.2) is 35.8 Å². The smallest absolute Gasteiger partial charge is 0.227 e.